The Morgan fingerprint density at radius 2 is 1.86 bits per heavy atom. The van der Waals surface area contributed by atoms with Gasteiger partial charge in [-0.3, -0.25) is 0 Å². The zero-order chi connectivity index (χ0) is 20.4. The van der Waals surface area contributed by atoms with Crippen LogP contribution in [-0.4, -0.2) is 41.3 Å². The number of alkyl halides is 3. The summed E-state index contributed by atoms with van der Waals surface area (Å²) in [5, 5.41) is 0. The predicted octanol–water partition coefficient (Wildman–Crippen LogP) is 4.52. The molecule has 1 aliphatic heterocycles. The number of rotatable bonds is 4. The van der Waals surface area contributed by atoms with Crippen LogP contribution in [0.3, 0.4) is 0 Å². The molecule has 0 unspecified atom stereocenters. The first-order valence-electron chi connectivity index (χ1n) is 9.54. The van der Waals surface area contributed by atoms with Gasteiger partial charge >= 0.3 is 12.3 Å². The van der Waals surface area contributed by atoms with Crippen LogP contribution in [-0.2, 0) is 10.9 Å². The molecule has 2 bridgehead atoms. The highest BCUT2D eigenvalue weighted by Crippen LogP contribution is 2.77. The van der Waals surface area contributed by atoms with Crippen molar-refractivity contribution in [1.29, 1.82) is 0 Å². The molecule has 0 N–H and O–H groups in total. The number of aromatic nitrogens is 1. The minimum Gasteiger partial charge on any atom is -0.477 e. The van der Waals surface area contributed by atoms with Gasteiger partial charge in [-0.25, -0.2) is 9.78 Å². The summed E-state index contributed by atoms with van der Waals surface area (Å²) in [7, 11) is 0. The fourth-order valence-electron chi connectivity index (χ4n) is 4.87. The summed E-state index contributed by atoms with van der Waals surface area (Å²) in [4.78, 5) is 17.6. The van der Waals surface area contributed by atoms with Crippen LogP contribution in [0.1, 0.15) is 45.6 Å². The molecule has 0 spiro atoms. The highest BCUT2D eigenvalue weighted by atomic mass is 19.4. The summed E-state index contributed by atoms with van der Waals surface area (Å²) in [6.07, 6.45) is -0.684. The lowest BCUT2D eigenvalue weighted by molar-refractivity contribution is -0.266. The predicted molar refractivity (Wildman–Crippen MR) is 94.7 cm³/mol. The molecule has 154 valence electrons. The van der Waals surface area contributed by atoms with E-state index in [0.29, 0.717) is 17.9 Å². The first-order valence-corrected chi connectivity index (χ1v) is 9.54. The molecule has 4 fully saturated rings. The molecule has 1 saturated heterocycles. The van der Waals surface area contributed by atoms with Crippen LogP contribution in [0.15, 0.2) is 18.3 Å². The third-order valence-electron chi connectivity index (χ3n) is 6.17. The number of nitrogens with zero attached hydrogens (tertiary/aromatic N) is 2. The van der Waals surface area contributed by atoms with E-state index in [1.807, 2.05) is 20.8 Å². The molecule has 5 nitrogen and oxygen atoms in total. The van der Waals surface area contributed by atoms with E-state index in [-0.39, 0.29) is 17.4 Å². The van der Waals surface area contributed by atoms with Crippen LogP contribution in [0.2, 0.25) is 0 Å². The molecule has 0 atom stereocenters. The Labute approximate surface area is 162 Å². The van der Waals surface area contributed by atoms with Gasteiger partial charge in [-0.1, -0.05) is 0 Å². The van der Waals surface area contributed by atoms with Gasteiger partial charge in [0.25, 0.3) is 0 Å². The van der Waals surface area contributed by atoms with E-state index >= 15 is 0 Å². The average Bonchev–Trinajstić information content (AvgIpc) is 2.43. The molecule has 2 heterocycles. The largest absolute Gasteiger partial charge is 0.477 e. The van der Waals surface area contributed by atoms with E-state index in [0.717, 1.165) is 44.6 Å². The Morgan fingerprint density at radius 1 is 1.21 bits per heavy atom. The molecule has 8 heteroatoms. The van der Waals surface area contributed by atoms with E-state index < -0.39 is 17.3 Å². The number of likely N-dealkylation sites (tertiary alicyclic amines) is 1. The van der Waals surface area contributed by atoms with Gasteiger partial charge in [0.1, 0.15) is 5.60 Å². The Bertz CT molecular complexity index is 745. The summed E-state index contributed by atoms with van der Waals surface area (Å²) in [5.41, 5.74) is -0.831. The molecule has 28 heavy (non-hydrogen) atoms. The van der Waals surface area contributed by atoms with Crippen molar-refractivity contribution in [3.8, 4) is 5.88 Å². The Morgan fingerprint density at radius 3 is 2.36 bits per heavy atom. The van der Waals surface area contributed by atoms with E-state index in [1.54, 1.807) is 4.90 Å². The second kappa shape index (κ2) is 6.00. The van der Waals surface area contributed by atoms with Gasteiger partial charge in [-0.2, -0.15) is 13.2 Å². The Balaban J connectivity index is 1.21. The molecule has 1 amide bonds. The molecular formula is C20H25F3N2O3. The Kier molecular flexibility index (Phi) is 4.14. The average molecular weight is 398 g/mol. The van der Waals surface area contributed by atoms with E-state index in [9.17, 15) is 18.0 Å². The molecule has 1 aromatic rings. The lowest BCUT2D eigenvalue weighted by atomic mass is 9.31. The minimum absolute atomic E-state index is 0.122. The quantitative estimate of drug-likeness (QED) is 0.749. The molecule has 3 saturated carbocycles. The van der Waals surface area contributed by atoms with Gasteiger partial charge in [0.2, 0.25) is 5.88 Å². The number of pyridine rings is 1. The molecule has 4 aliphatic rings. The highest BCUT2D eigenvalue weighted by Gasteiger charge is 2.72. The standard InChI is InChI=1S/C20H25F3N2O3/c1-17(2,3)28-16(26)25-7-14(8-25)19-9-18(10-19,11-19)12-27-15-5-4-13(6-24-15)20(21,22)23/h4-6,14H,7-12H2,1-3H3. The normalized spacial score (nSPS) is 29.4. The van der Waals surface area contributed by atoms with Crippen molar-refractivity contribution in [3.05, 3.63) is 23.9 Å². The molecule has 1 aromatic heterocycles. The van der Waals surface area contributed by atoms with Crippen molar-refractivity contribution < 1.29 is 27.4 Å². The summed E-state index contributed by atoms with van der Waals surface area (Å²) >= 11 is 0. The summed E-state index contributed by atoms with van der Waals surface area (Å²) in [6.45, 7) is 7.55. The van der Waals surface area contributed by atoms with Crippen molar-refractivity contribution in [2.75, 3.05) is 19.7 Å². The third-order valence-corrected chi connectivity index (χ3v) is 6.17. The zero-order valence-electron chi connectivity index (χ0n) is 16.3. The maximum absolute atomic E-state index is 12.6. The summed E-state index contributed by atoms with van der Waals surface area (Å²) in [5.74, 6) is 0.734. The van der Waals surface area contributed by atoms with Crippen molar-refractivity contribution in [3.63, 3.8) is 0 Å². The van der Waals surface area contributed by atoms with E-state index in [1.165, 1.54) is 6.07 Å². The van der Waals surface area contributed by atoms with Gasteiger partial charge in [0.15, 0.2) is 0 Å². The van der Waals surface area contributed by atoms with Gasteiger partial charge in [-0.05, 0) is 51.5 Å². The smallest absolute Gasteiger partial charge is 0.417 e. The first kappa shape index (κ1) is 19.3. The molecule has 3 aliphatic carbocycles. The molecule has 0 radical (unpaired) electrons. The maximum Gasteiger partial charge on any atom is 0.417 e. The monoisotopic (exact) mass is 398 g/mol. The highest BCUT2D eigenvalue weighted by molar-refractivity contribution is 5.69. The second-order valence-electron chi connectivity index (χ2n) is 9.65. The minimum atomic E-state index is -4.39. The number of carbonyl (C=O) groups excluding carboxylic acids is 1. The fraction of sp³-hybridized carbons (Fsp3) is 0.700. The number of carbonyl (C=O) groups is 1. The molecular weight excluding hydrogens is 373 g/mol. The van der Waals surface area contributed by atoms with Gasteiger partial charge in [0, 0.05) is 36.7 Å². The van der Waals surface area contributed by atoms with Crippen LogP contribution in [0.5, 0.6) is 5.88 Å². The number of halogens is 3. The van der Waals surface area contributed by atoms with Gasteiger partial charge in [-0.15, -0.1) is 0 Å². The molecule has 0 aromatic carbocycles. The van der Waals surface area contributed by atoms with Crippen LogP contribution in [0, 0.1) is 16.7 Å². The van der Waals surface area contributed by atoms with Crippen molar-refractivity contribution in [2.24, 2.45) is 16.7 Å². The number of amides is 1. The second-order valence-corrected chi connectivity index (χ2v) is 9.65. The maximum atomic E-state index is 12.6. The van der Waals surface area contributed by atoms with E-state index in [4.69, 9.17) is 9.47 Å². The molecule has 5 rings (SSSR count). The Hall–Kier alpha value is -1.99. The lowest BCUT2D eigenvalue weighted by Crippen LogP contribution is -2.72. The van der Waals surface area contributed by atoms with E-state index in [2.05, 4.69) is 4.98 Å². The van der Waals surface area contributed by atoms with Gasteiger partial charge in [0.05, 0.1) is 12.2 Å². The topological polar surface area (TPSA) is 51.7 Å². The van der Waals surface area contributed by atoms with Crippen molar-refractivity contribution in [2.45, 2.75) is 51.8 Å². The fourth-order valence-corrected chi connectivity index (χ4v) is 4.87. The number of hydrogen-bond donors (Lipinski definition) is 0. The van der Waals surface area contributed by atoms with Crippen LogP contribution in [0.4, 0.5) is 18.0 Å². The van der Waals surface area contributed by atoms with Gasteiger partial charge < -0.3 is 14.4 Å². The van der Waals surface area contributed by atoms with Crippen LogP contribution >= 0.6 is 0 Å². The summed E-state index contributed by atoms with van der Waals surface area (Å²) in [6, 6.07) is 2.26. The SMILES string of the molecule is CC(C)(C)OC(=O)N1CC(C23CC(COc4ccc(C(F)(F)F)cn4)(C2)C3)C1. The summed E-state index contributed by atoms with van der Waals surface area (Å²) < 4.78 is 48.7. The van der Waals surface area contributed by atoms with Crippen LogP contribution in [0.25, 0.3) is 0 Å². The van der Waals surface area contributed by atoms with Crippen molar-refractivity contribution >= 4 is 6.09 Å². The van der Waals surface area contributed by atoms with Crippen LogP contribution < -0.4 is 4.74 Å². The zero-order valence-corrected chi connectivity index (χ0v) is 16.3. The third kappa shape index (κ3) is 3.42. The first-order chi connectivity index (χ1) is 12.9. The number of hydrogen-bond acceptors (Lipinski definition) is 4. The lowest BCUT2D eigenvalue weighted by Gasteiger charge is -2.75. The number of ether oxygens (including phenoxy) is 2. The van der Waals surface area contributed by atoms with Crippen molar-refractivity contribution in [1.82, 2.24) is 9.88 Å².